The molecule has 0 spiro atoms. The van der Waals surface area contributed by atoms with E-state index in [1.54, 1.807) is 0 Å². The van der Waals surface area contributed by atoms with Crippen LogP contribution in [-0.4, -0.2) is 22.6 Å². The molecule has 1 aliphatic heterocycles. The average molecular weight is 682 g/mol. The predicted molar refractivity (Wildman–Crippen MR) is 220 cm³/mol. The van der Waals surface area contributed by atoms with Crippen molar-refractivity contribution in [2.75, 3.05) is 0 Å². The van der Waals surface area contributed by atoms with Gasteiger partial charge in [0.2, 0.25) is 0 Å². The highest BCUT2D eigenvalue weighted by molar-refractivity contribution is 7.03. The van der Waals surface area contributed by atoms with E-state index in [0.717, 1.165) is 28.2 Å². The molecule has 2 aromatic heterocycles. The van der Waals surface area contributed by atoms with Crippen LogP contribution in [0.15, 0.2) is 176 Å². The van der Waals surface area contributed by atoms with E-state index in [-0.39, 0.29) is 0 Å². The number of rotatable bonds is 5. The van der Waals surface area contributed by atoms with Crippen molar-refractivity contribution in [1.82, 2.24) is 14.5 Å². The quantitative estimate of drug-likeness (QED) is 0.169. The normalized spacial score (nSPS) is 13.0. The monoisotopic (exact) mass is 681 g/mol. The number of hydrogen-bond donors (Lipinski definition) is 0. The Morgan fingerprint density at radius 3 is 1.79 bits per heavy atom. The van der Waals surface area contributed by atoms with Gasteiger partial charge in [0, 0.05) is 38.5 Å². The lowest BCUT2D eigenvalue weighted by Gasteiger charge is -2.19. The fourth-order valence-electron chi connectivity index (χ4n) is 8.20. The first-order valence-corrected chi connectivity index (χ1v) is 20.9. The molecule has 4 heteroatoms. The molecule has 0 amide bonds. The summed E-state index contributed by atoms with van der Waals surface area (Å²) in [5, 5.41) is 5.16. The van der Waals surface area contributed by atoms with Gasteiger partial charge in [-0.1, -0.05) is 147 Å². The van der Waals surface area contributed by atoms with Gasteiger partial charge in [0.15, 0.2) is 5.82 Å². The summed E-state index contributed by atoms with van der Waals surface area (Å²) in [6.45, 7) is 4.84. The summed E-state index contributed by atoms with van der Waals surface area (Å²) in [7, 11) is -2.04. The molecule has 0 bridgehead atoms. The zero-order valence-electron chi connectivity index (χ0n) is 29.1. The van der Waals surface area contributed by atoms with Gasteiger partial charge in [-0.15, -0.1) is 0 Å². The SMILES string of the molecule is C[Si]1(C)c2ccccc2-c2c(-c3cccc(-c4cccc(-c5ccc6c(c5)c5ccccc5n6-c5ccccc5)c4)c3)nc(-c3ccccc3)nc21. The number of hydrogen-bond acceptors (Lipinski definition) is 2. The summed E-state index contributed by atoms with van der Waals surface area (Å²) in [6, 6.07) is 63.3. The number of para-hydroxylation sites is 2. The van der Waals surface area contributed by atoms with Crippen LogP contribution >= 0.6 is 0 Å². The Kier molecular flexibility index (Phi) is 6.95. The van der Waals surface area contributed by atoms with E-state index >= 15 is 0 Å². The van der Waals surface area contributed by atoms with Gasteiger partial charge >= 0.3 is 0 Å². The minimum atomic E-state index is -2.04. The summed E-state index contributed by atoms with van der Waals surface area (Å²) in [5.74, 6) is 0.791. The fraction of sp³-hybridized carbons (Fsp3) is 0.0417. The van der Waals surface area contributed by atoms with Crippen LogP contribution in [0.1, 0.15) is 0 Å². The van der Waals surface area contributed by atoms with Crippen LogP contribution in [0.25, 0.3) is 83.5 Å². The van der Waals surface area contributed by atoms with E-state index in [4.69, 9.17) is 9.97 Å². The molecule has 10 rings (SSSR count). The van der Waals surface area contributed by atoms with Crippen LogP contribution in [0, 0.1) is 0 Å². The smallest absolute Gasteiger partial charge is 0.159 e. The van der Waals surface area contributed by atoms with E-state index in [0.29, 0.717) is 0 Å². The summed E-state index contributed by atoms with van der Waals surface area (Å²) in [5.41, 5.74) is 14.0. The van der Waals surface area contributed by atoms with Crippen LogP contribution in [-0.2, 0) is 0 Å². The van der Waals surface area contributed by atoms with E-state index < -0.39 is 8.07 Å². The third kappa shape index (κ3) is 4.79. The van der Waals surface area contributed by atoms with Gasteiger partial charge in [-0.25, -0.2) is 9.97 Å². The van der Waals surface area contributed by atoms with Crippen molar-refractivity contribution >= 4 is 40.4 Å². The largest absolute Gasteiger partial charge is 0.309 e. The van der Waals surface area contributed by atoms with Gasteiger partial charge in [-0.3, -0.25) is 0 Å². The van der Waals surface area contributed by atoms with Crippen molar-refractivity contribution in [3.05, 3.63) is 176 Å². The lowest BCUT2D eigenvalue weighted by atomic mass is 9.95. The minimum absolute atomic E-state index is 0.791. The summed E-state index contributed by atoms with van der Waals surface area (Å²) >= 11 is 0. The van der Waals surface area contributed by atoms with Crippen molar-refractivity contribution in [2.45, 2.75) is 13.1 Å². The van der Waals surface area contributed by atoms with Gasteiger partial charge < -0.3 is 4.57 Å². The number of aromatic nitrogens is 3. The molecular formula is C48H35N3Si. The Bertz CT molecular complexity index is 2820. The summed E-state index contributed by atoms with van der Waals surface area (Å²) in [6.07, 6.45) is 0. The zero-order valence-corrected chi connectivity index (χ0v) is 30.1. The lowest BCUT2D eigenvalue weighted by Crippen LogP contribution is -2.50. The maximum absolute atomic E-state index is 5.34. The Morgan fingerprint density at radius 2 is 1.02 bits per heavy atom. The third-order valence-electron chi connectivity index (χ3n) is 10.8. The molecule has 0 N–H and O–H groups in total. The molecular weight excluding hydrogens is 647 g/mol. The first-order chi connectivity index (χ1) is 25.5. The first-order valence-electron chi connectivity index (χ1n) is 17.9. The summed E-state index contributed by atoms with van der Waals surface area (Å²) in [4.78, 5) is 10.6. The second-order valence-corrected chi connectivity index (χ2v) is 18.5. The minimum Gasteiger partial charge on any atom is -0.309 e. The van der Waals surface area contributed by atoms with Crippen LogP contribution in [0.2, 0.25) is 13.1 Å². The molecule has 9 aromatic rings. The highest BCUT2D eigenvalue weighted by Crippen LogP contribution is 2.39. The molecule has 0 saturated carbocycles. The topological polar surface area (TPSA) is 30.7 Å². The average Bonchev–Trinajstić information content (AvgIpc) is 3.66. The molecule has 52 heavy (non-hydrogen) atoms. The third-order valence-corrected chi connectivity index (χ3v) is 14.1. The van der Waals surface area contributed by atoms with Gasteiger partial charge in [-0.2, -0.15) is 0 Å². The van der Waals surface area contributed by atoms with E-state index in [2.05, 4.69) is 188 Å². The van der Waals surface area contributed by atoms with E-state index in [9.17, 15) is 0 Å². The second kappa shape index (κ2) is 11.9. The van der Waals surface area contributed by atoms with Crippen molar-refractivity contribution in [2.24, 2.45) is 0 Å². The summed E-state index contributed by atoms with van der Waals surface area (Å²) < 4.78 is 2.37. The van der Waals surface area contributed by atoms with Crippen LogP contribution < -0.4 is 10.5 Å². The maximum atomic E-state index is 5.34. The standard InChI is InChI=1S/C48H35N3Si/c1-52(2)44-26-12-10-24-40(44)45-46(49-47(50-48(45)52)32-15-5-3-6-16-32)37-20-14-19-35(30-37)33-17-13-18-34(29-33)36-27-28-43-41(31-36)39-23-9-11-25-42(39)51(43)38-21-7-4-8-22-38/h3-31H,1-2H3. The van der Waals surface area contributed by atoms with Gasteiger partial charge in [0.1, 0.15) is 8.07 Å². The highest BCUT2D eigenvalue weighted by Gasteiger charge is 2.41. The van der Waals surface area contributed by atoms with Crippen molar-refractivity contribution in [3.8, 4) is 61.7 Å². The second-order valence-electron chi connectivity index (χ2n) is 14.2. The van der Waals surface area contributed by atoms with Crippen LogP contribution in [0.5, 0.6) is 0 Å². The zero-order chi connectivity index (χ0) is 34.8. The molecule has 0 radical (unpaired) electrons. The van der Waals surface area contributed by atoms with Crippen LogP contribution in [0.4, 0.5) is 0 Å². The van der Waals surface area contributed by atoms with Gasteiger partial charge in [0.25, 0.3) is 0 Å². The van der Waals surface area contributed by atoms with Crippen molar-refractivity contribution in [3.63, 3.8) is 0 Å². The molecule has 3 nitrogen and oxygen atoms in total. The van der Waals surface area contributed by atoms with Gasteiger partial charge in [-0.05, 0) is 75.5 Å². The fourth-order valence-corrected chi connectivity index (χ4v) is 11.1. The molecule has 0 fully saturated rings. The predicted octanol–water partition coefficient (Wildman–Crippen LogP) is 11.0. The molecule has 7 aromatic carbocycles. The van der Waals surface area contributed by atoms with Crippen molar-refractivity contribution in [1.29, 1.82) is 0 Å². The molecule has 3 heterocycles. The lowest BCUT2D eigenvalue weighted by molar-refractivity contribution is 1.18. The van der Waals surface area contributed by atoms with Crippen molar-refractivity contribution < 1.29 is 0 Å². The Hall–Kier alpha value is -6.36. The van der Waals surface area contributed by atoms with E-state index in [1.807, 2.05) is 6.07 Å². The van der Waals surface area contributed by atoms with Crippen LogP contribution in [0.3, 0.4) is 0 Å². The molecule has 0 atom stereocenters. The molecule has 1 aliphatic rings. The van der Waals surface area contributed by atoms with E-state index in [1.165, 1.54) is 65.8 Å². The number of fused-ring (bicyclic) bond motifs is 6. The molecule has 0 saturated heterocycles. The molecule has 246 valence electrons. The first kappa shape index (κ1) is 30.5. The molecule has 0 unspecified atom stereocenters. The number of benzene rings is 7. The highest BCUT2D eigenvalue weighted by atomic mass is 28.3. The molecule has 0 aliphatic carbocycles. The Labute approximate surface area is 304 Å². The Morgan fingerprint density at radius 1 is 0.442 bits per heavy atom. The Balaban J connectivity index is 1.10. The number of nitrogens with zero attached hydrogens (tertiary/aromatic N) is 3. The maximum Gasteiger partial charge on any atom is 0.159 e. The van der Waals surface area contributed by atoms with Gasteiger partial charge in [0.05, 0.1) is 16.7 Å².